The maximum absolute atomic E-state index is 12.6. The Balaban J connectivity index is 1.41. The zero-order valence-corrected chi connectivity index (χ0v) is 17.5. The van der Waals surface area contributed by atoms with Gasteiger partial charge in [-0.1, -0.05) is 35.1 Å². The third-order valence-corrected chi connectivity index (χ3v) is 5.89. The van der Waals surface area contributed by atoms with E-state index in [9.17, 15) is 9.90 Å². The minimum atomic E-state index is -0.323. The summed E-state index contributed by atoms with van der Waals surface area (Å²) in [6.07, 6.45) is 1.89. The van der Waals surface area contributed by atoms with Crippen LogP contribution >= 0.6 is 22.9 Å². The molecule has 9 nitrogen and oxygen atoms in total. The third kappa shape index (κ3) is 4.51. The second-order valence-electron chi connectivity index (χ2n) is 6.75. The molecule has 5 N–H and O–H groups in total. The Labute approximate surface area is 181 Å². The number of rotatable bonds is 6. The second-order valence-corrected chi connectivity index (χ2v) is 8.19. The van der Waals surface area contributed by atoms with Crippen molar-refractivity contribution in [2.45, 2.75) is 19.1 Å². The first-order valence-electron chi connectivity index (χ1n) is 9.32. The summed E-state index contributed by atoms with van der Waals surface area (Å²) in [5.74, 6) is 0.903. The number of β-amino-alcohol motifs (C(OH)–C–C–N with tert-alkyl or cyclic N) is 1. The van der Waals surface area contributed by atoms with Crippen LogP contribution in [0.2, 0.25) is 5.02 Å². The molecule has 156 valence electrons. The van der Waals surface area contributed by atoms with Gasteiger partial charge in [0, 0.05) is 19.6 Å². The van der Waals surface area contributed by atoms with Crippen LogP contribution in [0.3, 0.4) is 0 Å². The van der Waals surface area contributed by atoms with Crippen molar-refractivity contribution in [1.29, 1.82) is 0 Å². The molecule has 1 aromatic carbocycles. The first kappa shape index (κ1) is 20.5. The number of halogens is 1. The number of anilines is 4. The molecule has 1 aliphatic rings. The number of nitrogens with zero attached hydrogens (tertiary/aromatic N) is 4. The number of aromatic nitrogens is 3. The number of benzene rings is 1. The van der Waals surface area contributed by atoms with Crippen molar-refractivity contribution in [1.82, 2.24) is 15.2 Å². The molecule has 1 amide bonds. The fourth-order valence-electron chi connectivity index (χ4n) is 3.11. The SMILES string of the molecule is NCc1cccc(Cl)c1NC(=O)c1cnc(Nc2ccc(N3CCC(O)C3)nn2)s1. The summed E-state index contributed by atoms with van der Waals surface area (Å²) in [6.45, 7) is 1.57. The largest absolute Gasteiger partial charge is 0.391 e. The van der Waals surface area contributed by atoms with E-state index in [-0.39, 0.29) is 18.6 Å². The molecule has 3 aromatic rings. The van der Waals surface area contributed by atoms with Crippen molar-refractivity contribution in [3.8, 4) is 0 Å². The van der Waals surface area contributed by atoms with Crippen molar-refractivity contribution in [2.24, 2.45) is 5.73 Å². The number of hydrogen-bond acceptors (Lipinski definition) is 9. The second kappa shape index (κ2) is 8.92. The van der Waals surface area contributed by atoms with Crippen LogP contribution in [0.5, 0.6) is 0 Å². The van der Waals surface area contributed by atoms with Crippen LogP contribution in [0.4, 0.5) is 22.5 Å². The van der Waals surface area contributed by atoms with Gasteiger partial charge in [0.1, 0.15) is 4.88 Å². The van der Waals surface area contributed by atoms with Crippen LogP contribution < -0.4 is 21.3 Å². The molecule has 0 aliphatic carbocycles. The minimum Gasteiger partial charge on any atom is -0.391 e. The molecule has 11 heteroatoms. The Bertz CT molecular complexity index is 1040. The molecular formula is C19H20ClN7O2S. The Hall–Kier alpha value is -2.79. The van der Waals surface area contributed by atoms with E-state index in [0.29, 0.717) is 38.9 Å². The summed E-state index contributed by atoms with van der Waals surface area (Å²) in [4.78, 5) is 19.2. The zero-order valence-electron chi connectivity index (χ0n) is 15.9. The maximum Gasteiger partial charge on any atom is 0.267 e. The molecule has 1 atom stereocenters. The first-order chi connectivity index (χ1) is 14.5. The van der Waals surface area contributed by atoms with Gasteiger partial charge in [-0.3, -0.25) is 4.79 Å². The normalized spacial score (nSPS) is 16.0. The van der Waals surface area contributed by atoms with Gasteiger partial charge in [0.2, 0.25) is 0 Å². The van der Waals surface area contributed by atoms with Gasteiger partial charge in [-0.15, -0.1) is 10.2 Å². The molecule has 0 saturated carbocycles. The summed E-state index contributed by atoms with van der Waals surface area (Å²) in [5, 5.41) is 24.8. The first-order valence-corrected chi connectivity index (χ1v) is 10.5. The smallest absolute Gasteiger partial charge is 0.267 e. The monoisotopic (exact) mass is 445 g/mol. The lowest BCUT2D eigenvalue weighted by Gasteiger charge is -2.15. The number of aliphatic hydroxyl groups excluding tert-OH is 1. The molecule has 0 spiro atoms. The molecule has 30 heavy (non-hydrogen) atoms. The van der Waals surface area contributed by atoms with Crippen molar-refractivity contribution in [3.63, 3.8) is 0 Å². The molecule has 1 aliphatic heterocycles. The van der Waals surface area contributed by atoms with E-state index in [1.165, 1.54) is 17.5 Å². The van der Waals surface area contributed by atoms with E-state index in [1.54, 1.807) is 18.2 Å². The number of nitrogens with two attached hydrogens (primary N) is 1. The van der Waals surface area contributed by atoms with Gasteiger partial charge in [0.15, 0.2) is 16.8 Å². The Morgan fingerprint density at radius 3 is 2.90 bits per heavy atom. The highest BCUT2D eigenvalue weighted by molar-refractivity contribution is 7.17. The molecular weight excluding hydrogens is 426 g/mol. The highest BCUT2D eigenvalue weighted by Crippen LogP contribution is 2.28. The average Bonchev–Trinajstić information content (AvgIpc) is 3.39. The van der Waals surface area contributed by atoms with E-state index in [1.807, 2.05) is 17.0 Å². The van der Waals surface area contributed by atoms with E-state index < -0.39 is 0 Å². The predicted molar refractivity (Wildman–Crippen MR) is 118 cm³/mol. The summed E-state index contributed by atoms with van der Waals surface area (Å²) in [5.41, 5.74) is 6.98. The topological polar surface area (TPSA) is 129 Å². The molecule has 3 heterocycles. The van der Waals surface area contributed by atoms with Crippen molar-refractivity contribution in [2.75, 3.05) is 28.6 Å². The fraction of sp³-hybridized carbons (Fsp3) is 0.263. The number of amides is 1. The van der Waals surface area contributed by atoms with Gasteiger partial charge < -0.3 is 26.4 Å². The lowest BCUT2D eigenvalue weighted by atomic mass is 10.1. The molecule has 1 unspecified atom stereocenters. The average molecular weight is 446 g/mol. The van der Waals surface area contributed by atoms with Crippen LogP contribution in [0, 0.1) is 0 Å². The number of nitrogens with one attached hydrogen (secondary N) is 2. The summed E-state index contributed by atoms with van der Waals surface area (Å²) in [6, 6.07) is 8.91. The summed E-state index contributed by atoms with van der Waals surface area (Å²) in [7, 11) is 0. The molecule has 1 fully saturated rings. The van der Waals surface area contributed by atoms with E-state index in [2.05, 4.69) is 25.8 Å². The zero-order chi connectivity index (χ0) is 21.1. The number of carbonyl (C=O) groups is 1. The van der Waals surface area contributed by atoms with Crippen LogP contribution in [-0.2, 0) is 6.54 Å². The predicted octanol–water partition coefficient (Wildman–Crippen LogP) is 2.61. The van der Waals surface area contributed by atoms with Gasteiger partial charge in [-0.05, 0) is 30.2 Å². The number of para-hydroxylation sites is 1. The molecule has 1 saturated heterocycles. The number of hydrogen-bond donors (Lipinski definition) is 4. The molecule has 4 rings (SSSR count). The summed E-state index contributed by atoms with van der Waals surface area (Å²) < 4.78 is 0. The highest BCUT2D eigenvalue weighted by Gasteiger charge is 2.21. The third-order valence-electron chi connectivity index (χ3n) is 4.66. The minimum absolute atomic E-state index is 0.261. The lowest BCUT2D eigenvalue weighted by molar-refractivity contribution is 0.103. The van der Waals surface area contributed by atoms with Crippen molar-refractivity contribution in [3.05, 3.63) is 52.0 Å². The summed E-state index contributed by atoms with van der Waals surface area (Å²) >= 11 is 7.38. The van der Waals surface area contributed by atoms with Gasteiger partial charge in [-0.2, -0.15) is 0 Å². The molecule has 0 radical (unpaired) electrons. The fourth-order valence-corrected chi connectivity index (χ4v) is 4.07. The lowest BCUT2D eigenvalue weighted by Crippen LogP contribution is -2.22. The number of aliphatic hydroxyl groups is 1. The standard InChI is InChI=1S/C19H20ClN7O2S/c20-13-3-1-2-11(8-21)17(13)24-18(29)14-9-22-19(30-14)23-15-4-5-16(26-25-15)27-7-6-12(28)10-27/h1-5,9,12,28H,6-8,10,21H2,(H,24,29)(H,22,23,25). The van der Waals surface area contributed by atoms with Crippen LogP contribution in [-0.4, -0.2) is 45.4 Å². The molecule has 0 bridgehead atoms. The van der Waals surface area contributed by atoms with E-state index in [4.69, 9.17) is 17.3 Å². The van der Waals surface area contributed by atoms with Crippen molar-refractivity contribution < 1.29 is 9.90 Å². The van der Waals surface area contributed by atoms with Crippen LogP contribution in [0.15, 0.2) is 36.5 Å². The highest BCUT2D eigenvalue weighted by atomic mass is 35.5. The number of carbonyl (C=O) groups excluding carboxylic acids is 1. The van der Waals surface area contributed by atoms with E-state index >= 15 is 0 Å². The Morgan fingerprint density at radius 2 is 2.20 bits per heavy atom. The van der Waals surface area contributed by atoms with Crippen LogP contribution in [0.1, 0.15) is 21.7 Å². The quantitative estimate of drug-likeness (QED) is 0.455. The van der Waals surface area contributed by atoms with Gasteiger partial charge >= 0.3 is 0 Å². The van der Waals surface area contributed by atoms with Gasteiger partial charge in [0.05, 0.1) is 23.0 Å². The van der Waals surface area contributed by atoms with Crippen LogP contribution in [0.25, 0.3) is 0 Å². The maximum atomic E-state index is 12.6. The Morgan fingerprint density at radius 1 is 1.33 bits per heavy atom. The Kier molecular flexibility index (Phi) is 6.09. The van der Waals surface area contributed by atoms with E-state index in [0.717, 1.165) is 18.5 Å². The van der Waals surface area contributed by atoms with Gasteiger partial charge in [-0.25, -0.2) is 4.98 Å². The van der Waals surface area contributed by atoms with Crippen molar-refractivity contribution >= 4 is 51.3 Å². The number of thiazole rings is 1. The molecule has 2 aromatic heterocycles. The van der Waals surface area contributed by atoms with Gasteiger partial charge in [0.25, 0.3) is 5.91 Å².